The van der Waals surface area contributed by atoms with Crippen LogP contribution in [-0.2, 0) is 0 Å². The number of rotatable bonds is 2. The average molecular weight is 269 g/mol. The summed E-state index contributed by atoms with van der Waals surface area (Å²) in [5.41, 5.74) is 7.41. The van der Waals surface area contributed by atoms with Gasteiger partial charge in [0.2, 0.25) is 5.95 Å². The van der Waals surface area contributed by atoms with Crippen molar-refractivity contribution in [2.75, 3.05) is 11.1 Å². The van der Waals surface area contributed by atoms with Crippen molar-refractivity contribution in [2.24, 2.45) is 0 Å². The molecule has 0 atom stereocenters. The van der Waals surface area contributed by atoms with Crippen molar-refractivity contribution >= 4 is 40.7 Å². The third kappa shape index (κ3) is 2.99. The molecule has 2 rings (SSSR count). The molecule has 0 spiro atoms. The molecule has 1 heterocycles. The van der Waals surface area contributed by atoms with E-state index in [1.54, 1.807) is 12.1 Å². The number of aromatic nitrogens is 2. The topological polar surface area (TPSA) is 63.8 Å². The quantitative estimate of drug-likeness (QED) is 0.820. The lowest BCUT2D eigenvalue weighted by Crippen LogP contribution is -2.00. The van der Waals surface area contributed by atoms with Gasteiger partial charge < -0.3 is 11.1 Å². The molecule has 0 amide bonds. The second kappa shape index (κ2) is 4.77. The molecular formula is C11H10Cl2N4. The Kier molecular flexibility index (Phi) is 3.36. The number of benzene rings is 1. The van der Waals surface area contributed by atoms with Gasteiger partial charge in [0.1, 0.15) is 11.0 Å². The molecule has 0 saturated carbocycles. The van der Waals surface area contributed by atoms with Crippen LogP contribution in [0.5, 0.6) is 0 Å². The number of nitrogens with two attached hydrogens (primary N) is 1. The van der Waals surface area contributed by atoms with Gasteiger partial charge in [0.25, 0.3) is 0 Å². The van der Waals surface area contributed by atoms with E-state index in [4.69, 9.17) is 28.9 Å². The molecule has 1 aromatic heterocycles. The van der Waals surface area contributed by atoms with Gasteiger partial charge in [0, 0.05) is 16.8 Å². The lowest BCUT2D eigenvalue weighted by molar-refractivity contribution is 1.18. The van der Waals surface area contributed by atoms with Crippen LogP contribution in [0.1, 0.15) is 5.56 Å². The van der Waals surface area contributed by atoms with Gasteiger partial charge in [0.05, 0.1) is 0 Å². The summed E-state index contributed by atoms with van der Waals surface area (Å²) < 4.78 is 0. The molecule has 0 saturated heterocycles. The highest BCUT2D eigenvalue weighted by atomic mass is 35.5. The van der Waals surface area contributed by atoms with Gasteiger partial charge in [-0.25, -0.2) is 4.98 Å². The molecule has 0 unspecified atom stereocenters. The maximum atomic E-state index is 5.88. The second-order valence-corrected chi connectivity index (χ2v) is 4.34. The monoisotopic (exact) mass is 268 g/mol. The summed E-state index contributed by atoms with van der Waals surface area (Å²) >= 11 is 11.7. The predicted molar refractivity (Wildman–Crippen MR) is 70.9 cm³/mol. The lowest BCUT2D eigenvalue weighted by Gasteiger charge is -2.09. The Morgan fingerprint density at radius 3 is 2.59 bits per heavy atom. The molecule has 0 aliphatic heterocycles. The summed E-state index contributed by atoms with van der Waals surface area (Å²) in [6.07, 6.45) is 0. The zero-order chi connectivity index (χ0) is 12.4. The minimum Gasteiger partial charge on any atom is -0.368 e. The Labute approximate surface area is 109 Å². The van der Waals surface area contributed by atoms with Crippen LogP contribution in [0.4, 0.5) is 17.5 Å². The number of nitrogen functional groups attached to an aromatic ring is 1. The van der Waals surface area contributed by atoms with Gasteiger partial charge in [-0.1, -0.05) is 23.2 Å². The van der Waals surface area contributed by atoms with Crippen LogP contribution in [0.25, 0.3) is 0 Å². The highest BCUT2D eigenvalue weighted by Crippen LogP contribution is 2.23. The van der Waals surface area contributed by atoms with E-state index in [1.807, 2.05) is 19.1 Å². The van der Waals surface area contributed by atoms with Gasteiger partial charge in [-0.15, -0.1) is 0 Å². The van der Waals surface area contributed by atoms with Crippen LogP contribution in [0.3, 0.4) is 0 Å². The minimum atomic E-state index is 0.131. The summed E-state index contributed by atoms with van der Waals surface area (Å²) in [6, 6.07) is 7.12. The van der Waals surface area contributed by atoms with Gasteiger partial charge in [-0.3, -0.25) is 0 Å². The van der Waals surface area contributed by atoms with Crippen LogP contribution in [-0.4, -0.2) is 9.97 Å². The van der Waals surface area contributed by atoms with Crippen LogP contribution >= 0.6 is 23.2 Å². The van der Waals surface area contributed by atoms with Crippen LogP contribution in [0.15, 0.2) is 24.3 Å². The van der Waals surface area contributed by atoms with Crippen LogP contribution < -0.4 is 11.1 Å². The van der Waals surface area contributed by atoms with E-state index in [0.29, 0.717) is 16.0 Å². The largest absolute Gasteiger partial charge is 0.368 e. The number of hydrogen-bond acceptors (Lipinski definition) is 4. The Balaban J connectivity index is 2.31. The van der Waals surface area contributed by atoms with Gasteiger partial charge in [0.15, 0.2) is 0 Å². The van der Waals surface area contributed by atoms with Crippen molar-refractivity contribution in [1.29, 1.82) is 0 Å². The second-order valence-electron chi connectivity index (χ2n) is 3.52. The lowest BCUT2D eigenvalue weighted by atomic mass is 10.2. The number of aryl methyl sites for hydroxylation is 1. The molecule has 2 aromatic rings. The van der Waals surface area contributed by atoms with Gasteiger partial charge in [-0.05, 0) is 30.7 Å². The van der Waals surface area contributed by atoms with Gasteiger partial charge >= 0.3 is 0 Å². The van der Waals surface area contributed by atoms with E-state index in [1.165, 1.54) is 0 Å². The number of nitrogens with zero attached hydrogens (tertiary/aromatic N) is 2. The van der Waals surface area contributed by atoms with Crippen molar-refractivity contribution in [3.63, 3.8) is 0 Å². The van der Waals surface area contributed by atoms with E-state index in [2.05, 4.69) is 15.3 Å². The minimum absolute atomic E-state index is 0.131. The molecule has 0 aliphatic carbocycles. The number of hydrogen-bond donors (Lipinski definition) is 2. The van der Waals surface area contributed by atoms with E-state index in [-0.39, 0.29) is 5.95 Å². The Morgan fingerprint density at radius 1 is 1.18 bits per heavy atom. The van der Waals surface area contributed by atoms with Crippen LogP contribution in [0, 0.1) is 6.92 Å². The highest BCUT2D eigenvalue weighted by molar-refractivity contribution is 6.30. The maximum Gasteiger partial charge on any atom is 0.223 e. The van der Waals surface area contributed by atoms with Crippen molar-refractivity contribution < 1.29 is 0 Å². The molecule has 1 aromatic carbocycles. The fourth-order valence-electron chi connectivity index (χ4n) is 1.40. The molecule has 0 bridgehead atoms. The number of anilines is 3. The first-order valence-electron chi connectivity index (χ1n) is 4.88. The maximum absolute atomic E-state index is 5.88. The molecule has 3 N–H and O–H groups in total. The first kappa shape index (κ1) is 12.0. The molecule has 0 radical (unpaired) electrons. The molecule has 4 nitrogen and oxygen atoms in total. The zero-order valence-electron chi connectivity index (χ0n) is 9.04. The highest BCUT2D eigenvalue weighted by Gasteiger charge is 2.03. The normalized spacial score (nSPS) is 10.3. The van der Waals surface area contributed by atoms with E-state index in [9.17, 15) is 0 Å². The third-order valence-corrected chi connectivity index (χ3v) is 2.59. The van der Waals surface area contributed by atoms with Crippen LogP contribution in [0.2, 0.25) is 10.2 Å². The molecular weight excluding hydrogens is 259 g/mol. The average Bonchev–Trinajstić information content (AvgIpc) is 2.21. The Hall–Kier alpha value is -1.52. The molecule has 0 fully saturated rings. The molecule has 6 heteroatoms. The van der Waals surface area contributed by atoms with Gasteiger partial charge in [-0.2, -0.15) is 4.98 Å². The summed E-state index contributed by atoms with van der Waals surface area (Å²) in [6.45, 7) is 1.94. The fraction of sp³-hybridized carbons (Fsp3) is 0.0909. The number of nitrogens with one attached hydrogen (secondary N) is 1. The molecule has 0 aliphatic rings. The van der Waals surface area contributed by atoms with Crippen molar-refractivity contribution in [3.8, 4) is 0 Å². The number of halogens is 2. The predicted octanol–water partition coefficient (Wildman–Crippen LogP) is 3.42. The summed E-state index contributed by atoms with van der Waals surface area (Å²) in [5.74, 6) is 0.680. The Bertz CT molecular complexity index is 537. The van der Waals surface area contributed by atoms with Crippen molar-refractivity contribution in [3.05, 3.63) is 40.0 Å². The standard InChI is InChI=1S/C11H10Cl2N4/c1-6-4-7(12)2-3-8(6)15-10-5-9(13)16-11(14)17-10/h2-5H,1H3,(H3,14,15,16,17). The summed E-state index contributed by atoms with van der Waals surface area (Å²) in [4.78, 5) is 7.81. The third-order valence-electron chi connectivity index (χ3n) is 2.16. The summed E-state index contributed by atoms with van der Waals surface area (Å²) in [7, 11) is 0. The van der Waals surface area contributed by atoms with Crippen molar-refractivity contribution in [2.45, 2.75) is 6.92 Å². The van der Waals surface area contributed by atoms with E-state index >= 15 is 0 Å². The molecule has 88 valence electrons. The van der Waals surface area contributed by atoms with E-state index < -0.39 is 0 Å². The first-order valence-corrected chi connectivity index (χ1v) is 5.63. The van der Waals surface area contributed by atoms with E-state index in [0.717, 1.165) is 11.3 Å². The fourth-order valence-corrected chi connectivity index (χ4v) is 1.82. The SMILES string of the molecule is Cc1cc(Cl)ccc1Nc1cc(Cl)nc(N)n1. The Morgan fingerprint density at radius 2 is 1.94 bits per heavy atom. The zero-order valence-corrected chi connectivity index (χ0v) is 10.5. The first-order chi connectivity index (χ1) is 8.04. The van der Waals surface area contributed by atoms with Crippen molar-refractivity contribution in [1.82, 2.24) is 9.97 Å². The smallest absolute Gasteiger partial charge is 0.223 e. The molecule has 17 heavy (non-hydrogen) atoms. The summed E-state index contributed by atoms with van der Waals surface area (Å²) in [5, 5.41) is 4.09.